The van der Waals surface area contributed by atoms with Gasteiger partial charge in [0.25, 0.3) is 5.91 Å². The number of aromatic nitrogens is 2. The van der Waals surface area contributed by atoms with E-state index in [-0.39, 0.29) is 33.9 Å². The van der Waals surface area contributed by atoms with E-state index in [1.54, 1.807) is 7.05 Å². The molecule has 12 heteroatoms. The van der Waals surface area contributed by atoms with Gasteiger partial charge in [0.15, 0.2) is 34.1 Å². The number of rotatable bonds is 6. The molecule has 4 rings (SSSR count). The number of piperidine rings is 1. The van der Waals surface area contributed by atoms with E-state index in [1.807, 2.05) is 4.90 Å². The number of nitrogens with zero attached hydrogens (tertiary/aromatic N) is 5. The number of carbonyl (C=O) groups is 1. The van der Waals surface area contributed by atoms with Crippen molar-refractivity contribution in [3.63, 3.8) is 0 Å². The lowest BCUT2D eigenvalue weighted by atomic mass is 10.0. The molecule has 0 aliphatic carbocycles. The third-order valence-corrected chi connectivity index (χ3v) is 6.76. The quantitative estimate of drug-likeness (QED) is 0.563. The lowest BCUT2D eigenvalue weighted by Gasteiger charge is -2.42. The molecule has 1 amide bonds. The van der Waals surface area contributed by atoms with Crippen LogP contribution in [-0.2, 0) is 0 Å². The first-order valence-electron chi connectivity index (χ1n) is 11.3. The molecule has 1 aromatic carbocycles. The van der Waals surface area contributed by atoms with Crippen molar-refractivity contribution in [3.8, 4) is 0 Å². The highest BCUT2D eigenvalue weighted by molar-refractivity contribution is 6.32. The van der Waals surface area contributed by atoms with E-state index in [4.69, 9.17) is 17.3 Å². The highest BCUT2D eigenvalue weighted by Crippen LogP contribution is 2.32. The maximum absolute atomic E-state index is 15.1. The second-order valence-electron chi connectivity index (χ2n) is 8.62. The van der Waals surface area contributed by atoms with Gasteiger partial charge in [-0.2, -0.15) is 0 Å². The lowest BCUT2D eigenvalue weighted by Crippen LogP contribution is -2.52. The molecule has 2 fully saturated rings. The molecule has 0 unspecified atom stereocenters. The summed E-state index contributed by atoms with van der Waals surface area (Å²) in [6.45, 7) is 5.50. The van der Waals surface area contributed by atoms with Gasteiger partial charge in [0.2, 0.25) is 0 Å². The van der Waals surface area contributed by atoms with Crippen molar-refractivity contribution >= 4 is 40.5 Å². The van der Waals surface area contributed by atoms with E-state index in [0.717, 1.165) is 39.0 Å². The van der Waals surface area contributed by atoms with Gasteiger partial charge in [0.05, 0.1) is 11.4 Å². The fourth-order valence-corrected chi connectivity index (χ4v) is 4.72. The second kappa shape index (κ2) is 10.2. The predicted octanol–water partition coefficient (Wildman–Crippen LogP) is 2.51. The number of hydrogen-bond donors (Lipinski definition) is 3. The average molecular weight is 495 g/mol. The van der Waals surface area contributed by atoms with Gasteiger partial charge in [0.1, 0.15) is 0 Å². The Balaban J connectivity index is 1.49. The van der Waals surface area contributed by atoms with Crippen LogP contribution in [0.1, 0.15) is 23.3 Å². The van der Waals surface area contributed by atoms with Crippen molar-refractivity contribution in [2.45, 2.75) is 18.9 Å². The molecular weight excluding hydrogens is 466 g/mol. The summed E-state index contributed by atoms with van der Waals surface area (Å²) in [7, 11) is 3.69. The Hall–Kier alpha value is -2.76. The molecule has 184 valence electrons. The Morgan fingerprint density at radius 1 is 1.06 bits per heavy atom. The fraction of sp³-hybridized carbons (Fsp3) is 0.500. The van der Waals surface area contributed by atoms with Crippen molar-refractivity contribution in [2.75, 3.05) is 68.9 Å². The summed E-state index contributed by atoms with van der Waals surface area (Å²) < 4.78 is 30.1. The molecule has 4 N–H and O–H groups in total. The highest BCUT2D eigenvalue weighted by Gasteiger charge is 2.29. The largest absolute Gasteiger partial charge is 0.371 e. The van der Waals surface area contributed by atoms with Gasteiger partial charge in [0, 0.05) is 52.4 Å². The number of piperazine rings is 1. The third kappa shape index (κ3) is 5.01. The maximum atomic E-state index is 15.1. The summed E-state index contributed by atoms with van der Waals surface area (Å²) in [6.07, 6.45) is 1.81. The first-order valence-corrected chi connectivity index (χ1v) is 11.6. The van der Waals surface area contributed by atoms with Crippen molar-refractivity contribution in [3.05, 3.63) is 34.6 Å². The minimum Gasteiger partial charge on any atom is -0.371 e. The zero-order valence-corrected chi connectivity index (χ0v) is 20.0. The number of amides is 1. The van der Waals surface area contributed by atoms with Crippen molar-refractivity contribution in [1.29, 1.82) is 0 Å². The Morgan fingerprint density at radius 3 is 2.35 bits per heavy atom. The molecule has 0 saturated carbocycles. The van der Waals surface area contributed by atoms with Crippen LogP contribution in [-0.4, -0.2) is 85.1 Å². The van der Waals surface area contributed by atoms with Gasteiger partial charge in [-0.05, 0) is 32.0 Å². The Morgan fingerprint density at radius 2 is 1.74 bits per heavy atom. The van der Waals surface area contributed by atoms with Crippen LogP contribution in [0.15, 0.2) is 12.1 Å². The molecule has 0 radical (unpaired) electrons. The summed E-state index contributed by atoms with van der Waals surface area (Å²) >= 11 is 5.96. The summed E-state index contributed by atoms with van der Waals surface area (Å²) in [6, 6.07) is 3.42. The number of anilines is 4. The second-order valence-corrected chi connectivity index (χ2v) is 8.98. The minimum absolute atomic E-state index is 0.0659. The van der Waals surface area contributed by atoms with Crippen molar-refractivity contribution in [2.24, 2.45) is 5.73 Å². The van der Waals surface area contributed by atoms with Crippen molar-refractivity contribution in [1.82, 2.24) is 19.8 Å². The Bertz CT molecular complexity index is 1060. The Labute approximate surface area is 202 Å². The SMILES string of the molecule is CNc1nc(Nc2ccc(N3CCC(N4CCN(C)CC4)CC3)c(F)c2F)c(C(N)=O)nc1Cl. The van der Waals surface area contributed by atoms with Crippen LogP contribution in [0.25, 0.3) is 0 Å². The number of likely N-dealkylation sites (N-methyl/N-ethyl adjacent to an activating group) is 1. The molecule has 0 spiro atoms. The molecule has 2 aromatic rings. The number of benzene rings is 1. The van der Waals surface area contributed by atoms with E-state index in [0.29, 0.717) is 19.1 Å². The van der Waals surface area contributed by atoms with Crippen LogP contribution in [0.2, 0.25) is 5.15 Å². The van der Waals surface area contributed by atoms with Crippen molar-refractivity contribution < 1.29 is 13.6 Å². The number of primary amides is 1. The monoisotopic (exact) mass is 494 g/mol. The zero-order valence-electron chi connectivity index (χ0n) is 19.2. The molecule has 0 atom stereocenters. The van der Waals surface area contributed by atoms with E-state index >= 15 is 8.78 Å². The normalized spacial score (nSPS) is 18.2. The topological polar surface area (TPSA) is 103 Å². The number of nitrogens with two attached hydrogens (primary N) is 1. The highest BCUT2D eigenvalue weighted by atomic mass is 35.5. The van der Waals surface area contributed by atoms with Gasteiger partial charge in [-0.3, -0.25) is 9.69 Å². The van der Waals surface area contributed by atoms with E-state index in [1.165, 1.54) is 12.1 Å². The van der Waals surface area contributed by atoms with Crippen LogP contribution < -0.4 is 21.3 Å². The predicted molar refractivity (Wildman–Crippen MR) is 129 cm³/mol. The molecule has 2 aliphatic heterocycles. The number of halogens is 3. The molecule has 9 nitrogen and oxygen atoms in total. The lowest BCUT2D eigenvalue weighted by molar-refractivity contribution is 0.0981. The maximum Gasteiger partial charge on any atom is 0.271 e. The molecular formula is C22H29ClF2N8O. The summed E-state index contributed by atoms with van der Waals surface area (Å²) in [5, 5.41) is 5.28. The third-order valence-electron chi connectivity index (χ3n) is 6.50. The molecule has 1 aromatic heterocycles. The van der Waals surface area contributed by atoms with Crippen LogP contribution in [0.5, 0.6) is 0 Å². The van der Waals surface area contributed by atoms with Gasteiger partial charge >= 0.3 is 0 Å². The fourth-order valence-electron chi connectivity index (χ4n) is 4.50. The van der Waals surface area contributed by atoms with E-state index in [9.17, 15) is 4.79 Å². The molecule has 2 aliphatic rings. The smallest absolute Gasteiger partial charge is 0.271 e. The summed E-state index contributed by atoms with van der Waals surface area (Å²) in [5.41, 5.74) is 5.10. The molecule has 34 heavy (non-hydrogen) atoms. The van der Waals surface area contributed by atoms with Crippen LogP contribution in [0.3, 0.4) is 0 Å². The summed E-state index contributed by atoms with van der Waals surface area (Å²) in [4.78, 5) is 26.5. The van der Waals surface area contributed by atoms with E-state index < -0.39 is 17.5 Å². The van der Waals surface area contributed by atoms with Gasteiger partial charge in [-0.15, -0.1) is 0 Å². The minimum atomic E-state index is -1.07. The number of hydrogen-bond acceptors (Lipinski definition) is 8. The Kier molecular flexibility index (Phi) is 7.34. The standard InChI is InChI=1S/C22H29ClF2N8O/c1-27-22-19(23)29-18(20(26)34)21(30-22)28-14-3-4-15(17(25)16(14)24)33-7-5-13(6-8-33)32-11-9-31(2)10-12-32/h3-4,13H,5-12H2,1-2H3,(H2,26,34)(H2,27,28,30). The van der Waals surface area contributed by atoms with E-state index in [2.05, 4.69) is 37.4 Å². The van der Waals surface area contributed by atoms with Crippen LogP contribution in [0, 0.1) is 11.6 Å². The summed E-state index contributed by atoms with van der Waals surface area (Å²) in [5.74, 6) is -2.90. The van der Waals surface area contributed by atoms with Crippen LogP contribution >= 0.6 is 11.6 Å². The number of carbonyl (C=O) groups excluding carboxylic acids is 1. The molecule has 3 heterocycles. The van der Waals surface area contributed by atoms with Gasteiger partial charge in [-0.1, -0.05) is 11.6 Å². The van der Waals surface area contributed by atoms with Gasteiger partial charge in [-0.25, -0.2) is 18.7 Å². The zero-order chi connectivity index (χ0) is 24.4. The first-order chi connectivity index (χ1) is 16.3. The number of nitrogens with one attached hydrogen (secondary N) is 2. The van der Waals surface area contributed by atoms with Gasteiger partial charge < -0.3 is 26.2 Å². The average Bonchev–Trinajstić information content (AvgIpc) is 2.83. The first kappa shape index (κ1) is 24.4. The van der Waals surface area contributed by atoms with Crippen LogP contribution in [0.4, 0.5) is 31.8 Å². The molecule has 0 bridgehead atoms. The molecule has 2 saturated heterocycles.